The number of rotatable bonds is 2. The third-order valence-electron chi connectivity index (χ3n) is 3.16. The first kappa shape index (κ1) is 13.5. The maximum absolute atomic E-state index is 12.4. The van der Waals surface area contributed by atoms with E-state index in [1.165, 1.54) is 4.90 Å². The van der Waals surface area contributed by atoms with Gasteiger partial charge in [0.05, 0.1) is 0 Å². The average Bonchev–Trinajstić information content (AvgIpc) is 2.83. The molecule has 2 rings (SSSR count). The lowest BCUT2D eigenvalue weighted by Gasteiger charge is -2.36. The smallest absolute Gasteiger partial charge is 0.275 e. The van der Waals surface area contributed by atoms with E-state index in [0.29, 0.717) is 25.3 Å². The minimum atomic E-state index is -0.460. The second kappa shape index (κ2) is 5.40. The fourth-order valence-corrected chi connectivity index (χ4v) is 2.14. The van der Waals surface area contributed by atoms with Crippen molar-refractivity contribution in [2.24, 2.45) is 7.05 Å². The molecule has 0 aliphatic carbocycles. The van der Waals surface area contributed by atoms with Gasteiger partial charge in [0.2, 0.25) is 5.91 Å². The van der Waals surface area contributed by atoms with Crippen molar-refractivity contribution in [3.63, 3.8) is 0 Å². The molecule has 7 nitrogen and oxygen atoms in total. The Kier molecular flexibility index (Phi) is 3.84. The van der Waals surface area contributed by atoms with E-state index in [1.807, 2.05) is 0 Å². The predicted octanol–water partition coefficient (Wildman–Crippen LogP) is -1.08. The van der Waals surface area contributed by atoms with Crippen molar-refractivity contribution in [1.82, 2.24) is 24.9 Å². The van der Waals surface area contributed by atoms with E-state index in [4.69, 9.17) is 0 Å². The molecule has 0 spiro atoms. The molecule has 0 aromatic carbocycles. The molecule has 19 heavy (non-hydrogen) atoms. The Labute approximate surface area is 112 Å². The van der Waals surface area contributed by atoms with E-state index in [0.717, 1.165) is 0 Å². The second-order valence-corrected chi connectivity index (χ2v) is 4.83. The Bertz CT molecular complexity index is 482. The van der Waals surface area contributed by atoms with Gasteiger partial charge in [0.25, 0.3) is 5.91 Å². The Morgan fingerprint density at radius 1 is 1.47 bits per heavy atom. The van der Waals surface area contributed by atoms with Crippen molar-refractivity contribution in [2.45, 2.75) is 6.04 Å². The van der Waals surface area contributed by atoms with E-state index in [9.17, 15) is 9.59 Å². The summed E-state index contributed by atoms with van der Waals surface area (Å²) < 4.78 is 1.58. The molecule has 1 N–H and O–H groups in total. The highest BCUT2D eigenvalue weighted by Crippen LogP contribution is 2.10. The van der Waals surface area contributed by atoms with Crippen molar-refractivity contribution in [1.29, 1.82) is 0 Å². The van der Waals surface area contributed by atoms with Crippen LogP contribution in [0.15, 0.2) is 12.3 Å². The van der Waals surface area contributed by atoms with Crippen LogP contribution in [-0.2, 0) is 11.8 Å². The molecule has 1 fully saturated rings. The van der Waals surface area contributed by atoms with Gasteiger partial charge in [-0.2, -0.15) is 5.10 Å². The topological polar surface area (TPSA) is 70.5 Å². The largest absolute Gasteiger partial charge is 0.347 e. The zero-order chi connectivity index (χ0) is 14.0. The number of nitrogens with zero attached hydrogens (tertiary/aromatic N) is 4. The molecule has 1 atom stereocenters. The highest BCUT2D eigenvalue weighted by atomic mass is 16.2. The Balaban J connectivity index is 2.20. The SMILES string of the molecule is CN(C)C(=O)C1CNCCN1C(=O)c1ccn(C)n1. The summed E-state index contributed by atoms with van der Waals surface area (Å²) in [5.74, 6) is -0.265. The Morgan fingerprint density at radius 3 is 2.79 bits per heavy atom. The minimum Gasteiger partial charge on any atom is -0.347 e. The average molecular weight is 265 g/mol. The van der Waals surface area contributed by atoms with Gasteiger partial charge in [0, 0.05) is 47.0 Å². The molecule has 0 radical (unpaired) electrons. The molecule has 1 aromatic rings. The highest BCUT2D eigenvalue weighted by molar-refractivity contribution is 5.96. The first-order chi connectivity index (χ1) is 9.00. The van der Waals surface area contributed by atoms with Crippen LogP contribution < -0.4 is 5.32 Å². The van der Waals surface area contributed by atoms with Gasteiger partial charge < -0.3 is 15.1 Å². The Hall–Kier alpha value is -1.89. The molecule has 1 aromatic heterocycles. The van der Waals surface area contributed by atoms with Crippen LogP contribution in [0.5, 0.6) is 0 Å². The van der Waals surface area contributed by atoms with Crippen molar-refractivity contribution < 1.29 is 9.59 Å². The molecule has 0 saturated carbocycles. The van der Waals surface area contributed by atoms with Crippen molar-refractivity contribution in [2.75, 3.05) is 33.7 Å². The maximum atomic E-state index is 12.4. The number of likely N-dealkylation sites (N-methyl/N-ethyl adjacent to an activating group) is 1. The van der Waals surface area contributed by atoms with Crippen molar-refractivity contribution >= 4 is 11.8 Å². The first-order valence-electron chi connectivity index (χ1n) is 6.23. The highest BCUT2D eigenvalue weighted by Gasteiger charge is 2.34. The molecule has 1 aliphatic heterocycles. The lowest BCUT2D eigenvalue weighted by Crippen LogP contribution is -2.59. The molecule has 0 bridgehead atoms. The third kappa shape index (κ3) is 2.76. The van der Waals surface area contributed by atoms with Gasteiger partial charge in [0.1, 0.15) is 11.7 Å². The quantitative estimate of drug-likeness (QED) is 0.738. The van der Waals surface area contributed by atoms with Gasteiger partial charge in [0.15, 0.2) is 0 Å². The lowest BCUT2D eigenvalue weighted by molar-refractivity contribution is -0.134. The fraction of sp³-hybridized carbons (Fsp3) is 0.583. The molecule has 1 saturated heterocycles. The number of aryl methyl sites for hydroxylation is 1. The van der Waals surface area contributed by atoms with Crippen LogP contribution in [0.2, 0.25) is 0 Å². The molecular weight excluding hydrogens is 246 g/mol. The number of hydrogen-bond donors (Lipinski definition) is 1. The fourth-order valence-electron chi connectivity index (χ4n) is 2.14. The molecule has 1 unspecified atom stereocenters. The van der Waals surface area contributed by atoms with Crippen LogP contribution in [-0.4, -0.2) is 71.2 Å². The summed E-state index contributed by atoms with van der Waals surface area (Å²) in [5.41, 5.74) is 0.376. The summed E-state index contributed by atoms with van der Waals surface area (Å²) in [7, 11) is 5.15. The number of piperazine rings is 1. The van der Waals surface area contributed by atoms with Gasteiger partial charge in [-0.1, -0.05) is 0 Å². The second-order valence-electron chi connectivity index (χ2n) is 4.83. The van der Waals surface area contributed by atoms with Crippen molar-refractivity contribution in [3.05, 3.63) is 18.0 Å². The minimum absolute atomic E-state index is 0.0727. The van der Waals surface area contributed by atoms with Gasteiger partial charge in [-0.15, -0.1) is 0 Å². The van der Waals surface area contributed by atoms with E-state index < -0.39 is 6.04 Å². The molecule has 2 heterocycles. The number of nitrogens with one attached hydrogen (secondary N) is 1. The third-order valence-corrected chi connectivity index (χ3v) is 3.16. The van der Waals surface area contributed by atoms with E-state index in [1.54, 1.807) is 43.0 Å². The standard InChI is InChI=1S/C12H19N5O2/c1-15(2)12(19)10-8-13-5-7-17(10)11(18)9-4-6-16(3)14-9/h4,6,10,13H,5,7-8H2,1-3H3. The molecule has 2 amide bonds. The monoisotopic (exact) mass is 265 g/mol. The predicted molar refractivity (Wildman–Crippen MR) is 69.6 cm³/mol. The van der Waals surface area contributed by atoms with E-state index in [-0.39, 0.29) is 11.8 Å². The number of hydrogen-bond acceptors (Lipinski definition) is 4. The van der Waals surface area contributed by atoms with Crippen LogP contribution >= 0.6 is 0 Å². The molecular formula is C12H19N5O2. The summed E-state index contributed by atoms with van der Waals surface area (Å²) in [6.07, 6.45) is 1.72. The zero-order valence-electron chi connectivity index (χ0n) is 11.5. The van der Waals surface area contributed by atoms with Crippen molar-refractivity contribution in [3.8, 4) is 0 Å². The summed E-state index contributed by atoms with van der Waals surface area (Å²) in [6, 6.07) is 1.21. The first-order valence-corrected chi connectivity index (χ1v) is 6.23. The van der Waals surface area contributed by atoms with E-state index >= 15 is 0 Å². The Morgan fingerprint density at radius 2 is 2.21 bits per heavy atom. The molecule has 1 aliphatic rings. The van der Waals surface area contributed by atoms with Crippen LogP contribution in [0.4, 0.5) is 0 Å². The van der Waals surface area contributed by atoms with Crippen LogP contribution in [0.3, 0.4) is 0 Å². The zero-order valence-corrected chi connectivity index (χ0v) is 11.5. The summed E-state index contributed by atoms with van der Waals surface area (Å²) in [4.78, 5) is 27.6. The van der Waals surface area contributed by atoms with Gasteiger partial charge in [-0.3, -0.25) is 14.3 Å². The number of aromatic nitrogens is 2. The van der Waals surface area contributed by atoms with Gasteiger partial charge in [-0.25, -0.2) is 0 Å². The number of carbonyl (C=O) groups is 2. The van der Waals surface area contributed by atoms with Gasteiger partial charge in [-0.05, 0) is 6.07 Å². The number of carbonyl (C=O) groups excluding carboxylic acids is 2. The molecule has 7 heteroatoms. The normalized spacial score (nSPS) is 19.3. The number of amides is 2. The summed E-state index contributed by atoms with van der Waals surface area (Å²) >= 11 is 0. The summed E-state index contributed by atoms with van der Waals surface area (Å²) in [6.45, 7) is 1.69. The summed E-state index contributed by atoms with van der Waals surface area (Å²) in [5, 5.41) is 7.25. The van der Waals surface area contributed by atoms with Gasteiger partial charge >= 0.3 is 0 Å². The van der Waals surface area contributed by atoms with E-state index in [2.05, 4.69) is 10.4 Å². The lowest BCUT2D eigenvalue weighted by atomic mass is 10.1. The maximum Gasteiger partial charge on any atom is 0.275 e. The van der Waals surface area contributed by atoms with Crippen LogP contribution in [0, 0.1) is 0 Å². The van der Waals surface area contributed by atoms with Crippen LogP contribution in [0.25, 0.3) is 0 Å². The van der Waals surface area contributed by atoms with Crippen LogP contribution in [0.1, 0.15) is 10.5 Å². The molecule has 104 valence electrons.